The van der Waals surface area contributed by atoms with Crippen molar-refractivity contribution in [2.24, 2.45) is 0 Å². The summed E-state index contributed by atoms with van der Waals surface area (Å²) in [6.07, 6.45) is 2.09. The molecule has 136 valence electrons. The van der Waals surface area contributed by atoms with E-state index in [-0.39, 0.29) is 17.6 Å². The van der Waals surface area contributed by atoms with E-state index in [1.807, 2.05) is 35.7 Å². The molecule has 0 radical (unpaired) electrons. The van der Waals surface area contributed by atoms with Crippen molar-refractivity contribution in [1.29, 1.82) is 0 Å². The van der Waals surface area contributed by atoms with Crippen molar-refractivity contribution in [2.75, 3.05) is 11.9 Å². The molecule has 1 atom stereocenters. The molecule has 27 heavy (non-hydrogen) atoms. The summed E-state index contributed by atoms with van der Waals surface area (Å²) in [7, 11) is 0. The fraction of sp³-hybridized carbons (Fsp3) is 0.136. The lowest BCUT2D eigenvalue weighted by Gasteiger charge is -2.24. The van der Waals surface area contributed by atoms with Crippen molar-refractivity contribution in [3.63, 3.8) is 0 Å². The van der Waals surface area contributed by atoms with Crippen LogP contribution in [0.25, 0.3) is 11.1 Å². The van der Waals surface area contributed by atoms with Crippen LogP contribution < -0.4 is 10.1 Å². The molecule has 0 unspecified atom stereocenters. The third kappa shape index (κ3) is 3.51. The van der Waals surface area contributed by atoms with E-state index in [0.717, 1.165) is 33.0 Å². The number of amides is 1. The molecule has 0 saturated carbocycles. The van der Waals surface area contributed by atoms with Gasteiger partial charge < -0.3 is 10.1 Å². The van der Waals surface area contributed by atoms with Crippen molar-refractivity contribution in [3.05, 3.63) is 82.8 Å². The number of rotatable bonds is 5. The Hall–Kier alpha value is -2.92. The topological polar surface area (TPSA) is 38.3 Å². The van der Waals surface area contributed by atoms with Gasteiger partial charge in [0, 0.05) is 28.2 Å². The molecular weight excluding hydrogens is 361 g/mol. The van der Waals surface area contributed by atoms with Crippen molar-refractivity contribution in [2.45, 2.75) is 12.3 Å². The highest BCUT2D eigenvalue weighted by Crippen LogP contribution is 2.46. The molecule has 3 nitrogen and oxygen atoms in total. The number of carbonyl (C=O) groups excluding carboxylic acids is 1. The van der Waals surface area contributed by atoms with Gasteiger partial charge in [0.05, 0.1) is 5.69 Å². The van der Waals surface area contributed by atoms with E-state index in [2.05, 4.69) is 11.9 Å². The van der Waals surface area contributed by atoms with Crippen LogP contribution in [0.5, 0.6) is 5.75 Å². The number of anilines is 1. The summed E-state index contributed by atoms with van der Waals surface area (Å²) < 4.78 is 19.2. The van der Waals surface area contributed by atoms with E-state index in [4.69, 9.17) is 4.74 Å². The van der Waals surface area contributed by atoms with Gasteiger partial charge in [-0.2, -0.15) is 0 Å². The normalized spacial score (nSPS) is 15.7. The average molecular weight is 379 g/mol. The van der Waals surface area contributed by atoms with Gasteiger partial charge in [0.25, 0.3) is 0 Å². The predicted octanol–water partition coefficient (Wildman–Crippen LogP) is 5.59. The number of thiophene rings is 1. The second-order valence-corrected chi connectivity index (χ2v) is 7.28. The van der Waals surface area contributed by atoms with Gasteiger partial charge in [-0.1, -0.05) is 36.9 Å². The van der Waals surface area contributed by atoms with Crippen LogP contribution in [0.15, 0.2) is 66.6 Å². The molecule has 0 fully saturated rings. The van der Waals surface area contributed by atoms with Crippen molar-refractivity contribution < 1.29 is 13.9 Å². The molecule has 1 aliphatic rings. The lowest BCUT2D eigenvalue weighted by molar-refractivity contribution is -0.116. The van der Waals surface area contributed by atoms with E-state index in [9.17, 15) is 9.18 Å². The number of hydrogen-bond acceptors (Lipinski definition) is 3. The molecule has 1 aromatic heterocycles. The Labute approximate surface area is 161 Å². The minimum atomic E-state index is -0.291. The number of fused-ring (bicyclic) bond motifs is 1. The maximum Gasteiger partial charge on any atom is 0.225 e. The van der Waals surface area contributed by atoms with Crippen LogP contribution in [0.1, 0.15) is 22.8 Å². The number of ether oxygens (including phenoxy) is 1. The second-order valence-electron chi connectivity index (χ2n) is 6.37. The summed E-state index contributed by atoms with van der Waals surface area (Å²) in [4.78, 5) is 13.4. The van der Waals surface area contributed by atoms with Gasteiger partial charge in [0.2, 0.25) is 5.91 Å². The zero-order chi connectivity index (χ0) is 18.8. The zero-order valence-electron chi connectivity index (χ0n) is 14.6. The molecule has 0 spiro atoms. The van der Waals surface area contributed by atoms with E-state index in [1.165, 1.54) is 12.1 Å². The molecule has 2 aromatic carbocycles. The number of carbonyl (C=O) groups is 1. The highest BCUT2D eigenvalue weighted by atomic mass is 32.1. The molecule has 5 heteroatoms. The summed E-state index contributed by atoms with van der Waals surface area (Å²) in [6.45, 7) is 4.10. The SMILES string of the molecule is C=CCOc1ccc([C@H]2CC(=O)Nc3c(-c4cccc(F)c4)csc32)cc1. The quantitative estimate of drug-likeness (QED) is 0.587. The van der Waals surface area contributed by atoms with Crippen LogP contribution in [0.4, 0.5) is 10.1 Å². The van der Waals surface area contributed by atoms with E-state index >= 15 is 0 Å². The van der Waals surface area contributed by atoms with Gasteiger partial charge in [-0.3, -0.25) is 4.79 Å². The highest BCUT2D eigenvalue weighted by Gasteiger charge is 2.30. The Bertz CT molecular complexity index is 994. The summed E-state index contributed by atoms with van der Waals surface area (Å²) in [6, 6.07) is 14.2. The summed E-state index contributed by atoms with van der Waals surface area (Å²) >= 11 is 1.59. The highest BCUT2D eigenvalue weighted by molar-refractivity contribution is 7.11. The molecule has 3 aromatic rings. The largest absolute Gasteiger partial charge is 0.490 e. The maximum absolute atomic E-state index is 13.6. The van der Waals surface area contributed by atoms with Gasteiger partial charge in [-0.15, -0.1) is 11.3 Å². The van der Waals surface area contributed by atoms with Crippen molar-refractivity contribution in [1.82, 2.24) is 0 Å². The third-order valence-electron chi connectivity index (χ3n) is 4.58. The van der Waals surface area contributed by atoms with E-state index in [0.29, 0.717) is 13.0 Å². The van der Waals surface area contributed by atoms with E-state index < -0.39 is 0 Å². The van der Waals surface area contributed by atoms with Crippen LogP contribution in [-0.2, 0) is 4.79 Å². The molecule has 0 saturated heterocycles. The molecule has 1 amide bonds. The van der Waals surface area contributed by atoms with Crippen LogP contribution in [0.2, 0.25) is 0 Å². The number of benzene rings is 2. The van der Waals surface area contributed by atoms with Gasteiger partial charge in [0.1, 0.15) is 18.2 Å². The third-order valence-corrected chi connectivity index (χ3v) is 5.67. The molecular formula is C22H18FNO2S. The second kappa shape index (κ2) is 7.37. The van der Waals surface area contributed by atoms with Gasteiger partial charge in [0.15, 0.2) is 0 Å². The Balaban J connectivity index is 1.70. The minimum absolute atomic E-state index is 0.0190. The molecule has 4 rings (SSSR count). The molecule has 0 bridgehead atoms. The Kier molecular flexibility index (Phi) is 4.77. The first kappa shape index (κ1) is 17.5. The number of hydrogen-bond donors (Lipinski definition) is 1. The van der Waals surface area contributed by atoms with Gasteiger partial charge >= 0.3 is 0 Å². The van der Waals surface area contributed by atoms with Crippen LogP contribution in [-0.4, -0.2) is 12.5 Å². The number of halogens is 1. The zero-order valence-corrected chi connectivity index (χ0v) is 15.4. The first-order chi connectivity index (χ1) is 13.2. The van der Waals surface area contributed by atoms with E-state index in [1.54, 1.807) is 23.5 Å². The summed E-state index contributed by atoms with van der Waals surface area (Å²) in [5, 5.41) is 4.96. The smallest absolute Gasteiger partial charge is 0.225 e. The standard InChI is InChI=1S/C22H18FNO2S/c1-2-10-26-17-8-6-14(7-9-17)18-12-20(25)24-21-19(13-27-22(18)21)15-4-3-5-16(23)11-15/h2-9,11,13,18H,1,10,12H2,(H,24,25)/t18-/m1/s1. The van der Waals surface area contributed by atoms with Crippen LogP contribution >= 0.6 is 11.3 Å². The monoisotopic (exact) mass is 379 g/mol. The predicted molar refractivity (Wildman–Crippen MR) is 107 cm³/mol. The van der Waals surface area contributed by atoms with Crippen LogP contribution in [0.3, 0.4) is 0 Å². The lowest BCUT2D eigenvalue weighted by atomic mass is 9.89. The molecule has 1 N–H and O–H groups in total. The molecule has 2 heterocycles. The Morgan fingerprint density at radius 3 is 2.81 bits per heavy atom. The van der Waals surface area contributed by atoms with Crippen LogP contribution in [0, 0.1) is 5.82 Å². The maximum atomic E-state index is 13.6. The summed E-state index contributed by atoms with van der Waals surface area (Å²) in [5.74, 6) is 0.428. The molecule has 1 aliphatic heterocycles. The Morgan fingerprint density at radius 2 is 2.07 bits per heavy atom. The summed E-state index contributed by atoms with van der Waals surface area (Å²) in [5.41, 5.74) is 3.48. The number of nitrogens with one attached hydrogen (secondary N) is 1. The van der Waals surface area contributed by atoms with Gasteiger partial charge in [-0.05, 0) is 35.4 Å². The van der Waals surface area contributed by atoms with Crippen molar-refractivity contribution in [3.8, 4) is 16.9 Å². The minimum Gasteiger partial charge on any atom is -0.490 e. The first-order valence-electron chi connectivity index (χ1n) is 8.66. The first-order valence-corrected chi connectivity index (χ1v) is 9.54. The molecule has 0 aliphatic carbocycles. The average Bonchev–Trinajstić information content (AvgIpc) is 3.10. The fourth-order valence-electron chi connectivity index (χ4n) is 3.32. The van der Waals surface area contributed by atoms with Crippen molar-refractivity contribution >= 4 is 22.9 Å². The fourth-order valence-corrected chi connectivity index (χ4v) is 4.48. The lowest BCUT2D eigenvalue weighted by Crippen LogP contribution is -2.22. The Morgan fingerprint density at radius 1 is 1.26 bits per heavy atom. The van der Waals surface area contributed by atoms with Gasteiger partial charge in [-0.25, -0.2) is 4.39 Å².